The smallest absolute Gasteiger partial charge is 0.495 e. The largest absolute Gasteiger partial charge is 0.586 e. The van der Waals surface area contributed by atoms with Crippen LogP contribution in [-0.4, -0.2) is 71.4 Å². The number of benzene rings is 2. The van der Waals surface area contributed by atoms with Gasteiger partial charge in [-0.05, 0) is 50.1 Å². The lowest BCUT2D eigenvalue weighted by atomic mass is 10.1. The first-order chi connectivity index (χ1) is 20.5. The molecule has 0 radical (unpaired) electrons. The van der Waals surface area contributed by atoms with Crippen molar-refractivity contribution in [1.29, 1.82) is 0 Å². The number of methoxy groups -OCH3 is 1. The van der Waals surface area contributed by atoms with Crippen LogP contribution in [0.15, 0.2) is 52.4 Å². The van der Waals surface area contributed by atoms with Gasteiger partial charge in [-0.1, -0.05) is 0 Å². The first-order valence-electron chi connectivity index (χ1n) is 13.4. The van der Waals surface area contributed by atoms with Crippen LogP contribution in [0.3, 0.4) is 0 Å². The quantitative estimate of drug-likeness (QED) is 0.315. The summed E-state index contributed by atoms with van der Waals surface area (Å²) in [6.45, 7) is 2.08. The molecule has 2 aliphatic rings. The van der Waals surface area contributed by atoms with Gasteiger partial charge in [0.15, 0.2) is 11.5 Å². The molecule has 0 spiro atoms. The maximum Gasteiger partial charge on any atom is 0.586 e. The number of ether oxygens (including phenoxy) is 3. The van der Waals surface area contributed by atoms with Gasteiger partial charge in [0.25, 0.3) is 5.56 Å². The monoisotopic (exact) mass is 616 g/mol. The number of nitrogens with zero attached hydrogens (tertiary/aromatic N) is 5. The molecule has 0 atom stereocenters. The number of alkyl halides is 2. The first-order valence-corrected chi connectivity index (χ1v) is 14.8. The van der Waals surface area contributed by atoms with Crippen LogP contribution in [0.5, 0.6) is 17.2 Å². The van der Waals surface area contributed by atoms with Crippen molar-refractivity contribution in [3.63, 3.8) is 0 Å². The van der Waals surface area contributed by atoms with Gasteiger partial charge >= 0.3 is 6.29 Å². The zero-order chi connectivity index (χ0) is 30.5. The van der Waals surface area contributed by atoms with Crippen LogP contribution < -0.4 is 24.7 Å². The lowest BCUT2D eigenvalue weighted by Gasteiger charge is -2.21. The van der Waals surface area contributed by atoms with E-state index in [0.29, 0.717) is 18.7 Å². The van der Waals surface area contributed by atoms with Gasteiger partial charge in [-0.2, -0.15) is 9.40 Å². The molecule has 16 heteroatoms. The van der Waals surface area contributed by atoms with Crippen molar-refractivity contribution in [2.75, 3.05) is 31.6 Å². The molecule has 2 aliphatic heterocycles. The maximum absolute atomic E-state index is 13.5. The van der Waals surface area contributed by atoms with Gasteiger partial charge in [0.2, 0.25) is 15.9 Å². The number of nitrogens with one attached hydrogen (secondary N) is 1. The number of amides is 1. The van der Waals surface area contributed by atoms with E-state index < -0.39 is 34.3 Å². The Hall–Kier alpha value is -4.57. The first kappa shape index (κ1) is 28.5. The third-order valence-electron chi connectivity index (χ3n) is 7.25. The number of aromatic amines is 1. The number of aromatic nitrogens is 4. The fourth-order valence-electron chi connectivity index (χ4n) is 5.20. The number of halogens is 2. The highest BCUT2D eigenvalue weighted by molar-refractivity contribution is 7.89. The summed E-state index contributed by atoms with van der Waals surface area (Å²) in [5.74, 6) is -0.823. The molecular formula is C27H26F2N6O7S. The number of H-pyrrole nitrogens is 1. The van der Waals surface area contributed by atoms with Gasteiger partial charge in [-0.3, -0.25) is 9.59 Å². The van der Waals surface area contributed by atoms with Gasteiger partial charge in [0.05, 0.1) is 13.4 Å². The maximum atomic E-state index is 13.5. The summed E-state index contributed by atoms with van der Waals surface area (Å²) in [5, 5.41) is 4.43. The van der Waals surface area contributed by atoms with Gasteiger partial charge in [-0.25, -0.2) is 18.1 Å². The van der Waals surface area contributed by atoms with Crippen molar-refractivity contribution < 1.29 is 36.2 Å². The highest BCUT2D eigenvalue weighted by atomic mass is 32.2. The van der Waals surface area contributed by atoms with Crippen molar-refractivity contribution >= 4 is 32.7 Å². The average molecular weight is 617 g/mol. The molecule has 2 aromatic carbocycles. The molecule has 1 N–H and O–H groups in total. The van der Waals surface area contributed by atoms with Gasteiger partial charge in [0, 0.05) is 37.0 Å². The molecule has 13 nitrogen and oxygen atoms in total. The molecule has 1 saturated heterocycles. The zero-order valence-electron chi connectivity index (χ0n) is 23.0. The fraction of sp³-hybridized carbons (Fsp3) is 0.333. The highest BCUT2D eigenvalue weighted by Crippen LogP contribution is 2.43. The van der Waals surface area contributed by atoms with E-state index in [1.54, 1.807) is 13.0 Å². The number of anilines is 1. The van der Waals surface area contributed by atoms with Crippen molar-refractivity contribution in [2.24, 2.45) is 0 Å². The van der Waals surface area contributed by atoms with E-state index >= 15 is 0 Å². The molecule has 0 saturated carbocycles. The third kappa shape index (κ3) is 5.05. The Balaban J connectivity index is 1.38. The zero-order valence-corrected chi connectivity index (χ0v) is 23.9. The van der Waals surface area contributed by atoms with Crippen molar-refractivity contribution in [1.82, 2.24) is 24.1 Å². The summed E-state index contributed by atoms with van der Waals surface area (Å²) in [6.07, 6.45) is -1.01. The van der Waals surface area contributed by atoms with E-state index in [1.165, 1.54) is 53.0 Å². The summed E-state index contributed by atoms with van der Waals surface area (Å²) in [5.41, 5.74) is 0.358. The summed E-state index contributed by atoms with van der Waals surface area (Å²) in [6, 6.07) is 8.44. The Morgan fingerprint density at radius 1 is 1.14 bits per heavy atom. The number of fused-ring (bicyclic) bond motifs is 2. The van der Waals surface area contributed by atoms with Crippen molar-refractivity contribution in [3.05, 3.63) is 53.1 Å². The number of carbonyl (C=O) groups is 1. The Bertz CT molecular complexity index is 1900. The molecule has 1 fully saturated rings. The second-order valence-electron chi connectivity index (χ2n) is 9.85. The number of carbonyl (C=O) groups excluding carboxylic acids is 1. The van der Waals surface area contributed by atoms with Crippen molar-refractivity contribution in [3.8, 4) is 28.5 Å². The Kier molecular flexibility index (Phi) is 7.04. The molecule has 0 unspecified atom stereocenters. The number of imidazole rings is 1. The SMILES string of the molecule is CCN(C(=O)Cn1nc(-c2ccc(OC)c(S(=O)(=O)N3CCCC3)c2)c2nc[nH]c2c1=O)c1ccc2c(c1)OC(F)(F)O2. The minimum absolute atomic E-state index is 0.0562. The fourth-order valence-corrected chi connectivity index (χ4v) is 6.89. The molecule has 1 amide bonds. The molecule has 43 heavy (non-hydrogen) atoms. The van der Waals surface area contributed by atoms with Gasteiger partial charge in [0.1, 0.15) is 33.9 Å². The number of likely N-dealkylation sites (N-methyl/N-ethyl adjacent to an activating group) is 1. The van der Waals surface area contributed by atoms with Gasteiger partial charge < -0.3 is 24.1 Å². The summed E-state index contributed by atoms with van der Waals surface area (Å²) >= 11 is 0. The molecular weight excluding hydrogens is 590 g/mol. The molecule has 226 valence electrons. The lowest BCUT2D eigenvalue weighted by Crippen LogP contribution is -2.37. The molecule has 6 rings (SSSR count). The van der Waals surface area contributed by atoms with Crippen molar-refractivity contribution in [2.45, 2.75) is 37.5 Å². The van der Waals surface area contributed by atoms with E-state index in [9.17, 15) is 26.8 Å². The number of rotatable bonds is 8. The predicted molar refractivity (Wildman–Crippen MR) is 149 cm³/mol. The van der Waals surface area contributed by atoms with Crippen LogP contribution in [-0.2, 0) is 21.4 Å². The number of hydrogen-bond donors (Lipinski definition) is 1. The summed E-state index contributed by atoms with van der Waals surface area (Å²) in [7, 11) is -2.52. The molecule has 4 aromatic rings. The Labute approximate surface area is 243 Å². The summed E-state index contributed by atoms with van der Waals surface area (Å²) < 4.78 is 70.6. The molecule has 0 bridgehead atoms. The van der Waals surface area contributed by atoms with Crippen LogP contribution >= 0.6 is 0 Å². The number of hydrogen-bond acceptors (Lipinski definition) is 9. The molecule has 2 aromatic heterocycles. The Morgan fingerprint density at radius 3 is 2.60 bits per heavy atom. The van der Waals surface area contributed by atoms with E-state index in [0.717, 1.165) is 17.5 Å². The van der Waals surface area contributed by atoms with Crippen LogP contribution in [0.25, 0.3) is 22.3 Å². The second kappa shape index (κ2) is 10.6. The predicted octanol–water partition coefficient (Wildman–Crippen LogP) is 2.95. The average Bonchev–Trinajstić information content (AvgIpc) is 3.74. The van der Waals surface area contributed by atoms with Gasteiger partial charge in [-0.15, -0.1) is 8.78 Å². The Morgan fingerprint density at radius 2 is 1.88 bits per heavy atom. The lowest BCUT2D eigenvalue weighted by molar-refractivity contribution is -0.286. The van der Waals surface area contributed by atoms with Crippen LogP contribution in [0, 0.1) is 0 Å². The summed E-state index contributed by atoms with van der Waals surface area (Å²) in [4.78, 5) is 35.0. The van der Waals surface area contributed by atoms with Crippen LogP contribution in [0.1, 0.15) is 19.8 Å². The number of sulfonamides is 1. The second-order valence-corrected chi connectivity index (χ2v) is 11.8. The van der Waals surface area contributed by atoms with E-state index in [4.69, 9.17) is 4.74 Å². The molecule has 0 aliphatic carbocycles. The standard InChI is InChI=1S/C27H26F2N6O7S/c1-3-34(17-7-9-18-20(13-17)42-27(28,29)41-18)22(36)14-35-26(37)25-24(30-15-31-25)23(32-35)16-6-8-19(40-2)21(12-16)43(38,39)33-10-4-5-11-33/h6-9,12-13,15H,3-5,10-11,14H2,1-2H3,(H,30,31). The normalized spacial score (nSPS) is 16.1. The highest BCUT2D eigenvalue weighted by Gasteiger charge is 2.43. The van der Waals surface area contributed by atoms with E-state index in [-0.39, 0.29) is 51.1 Å². The van der Waals surface area contributed by atoms with Crippen LogP contribution in [0.2, 0.25) is 0 Å². The molecule has 4 heterocycles. The van der Waals surface area contributed by atoms with E-state index in [2.05, 4.69) is 24.5 Å². The van der Waals surface area contributed by atoms with E-state index in [1.807, 2.05) is 0 Å². The third-order valence-corrected chi connectivity index (χ3v) is 9.17. The minimum Gasteiger partial charge on any atom is -0.495 e. The minimum atomic E-state index is -3.89. The topological polar surface area (TPSA) is 149 Å². The van der Waals surface area contributed by atoms with Crippen LogP contribution in [0.4, 0.5) is 14.5 Å².